The van der Waals surface area contributed by atoms with Crippen molar-refractivity contribution in [2.24, 2.45) is 0 Å². The van der Waals surface area contributed by atoms with Crippen molar-refractivity contribution in [3.8, 4) is 5.75 Å². The van der Waals surface area contributed by atoms with E-state index in [1.165, 1.54) is 18.4 Å². The van der Waals surface area contributed by atoms with Gasteiger partial charge in [0, 0.05) is 17.5 Å². The number of rotatable bonds is 5. The van der Waals surface area contributed by atoms with Crippen LogP contribution in [-0.4, -0.2) is 20.2 Å². The van der Waals surface area contributed by atoms with Crippen LogP contribution in [0.25, 0.3) is 0 Å². The Hall–Kier alpha value is -1.02. The molecule has 0 aromatic heterocycles. The Balaban J connectivity index is 2.26. The highest BCUT2D eigenvalue weighted by Crippen LogP contribution is 2.50. The average molecular weight is 205 g/mol. The van der Waals surface area contributed by atoms with Gasteiger partial charge in [0.15, 0.2) is 0 Å². The zero-order valence-electron chi connectivity index (χ0n) is 9.55. The van der Waals surface area contributed by atoms with E-state index >= 15 is 0 Å². The molecule has 0 bridgehead atoms. The summed E-state index contributed by atoms with van der Waals surface area (Å²) >= 11 is 0. The normalized spacial score (nSPS) is 17.5. The van der Waals surface area contributed by atoms with E-state index in [9.17, 15) is 0 Å². The second-order valence-electron chi connectivity index (χ2n) is 4.24. The Kier molecular flexibility index (Phi) is 2.96. The van der Waals surface area contributed by atoms with Gasteiger partial charge in [-0.05, 0) is 32.9 Å². The maximum absolute atomic E-state index is 5.68. The number of ether oxygens (including phenoxy) is 1. The van der Waals surface area contributed by atoms with Gasteiger partial charge in [0.1, 0.15) is 5.75 Å². The summed E-state index contributed by atoms with van der Waals surface area (Å²) in [4.78, 5) is 0. The summed E-state index contributed by atoms with van der Waals surface area (Å²) in [6.07, 6.45) is 2.55. The molecule has 1 fully saturated rings. The van der Waals surface area contributed by atoms with Gasteiger partial charge in [0.25, 0.3) is 0 Å². The first-order chi connectivity index (χ1) is 7.32. The molecule has 82 valence electrons. The van der Waals surface area contributed by atoms with Gasteiger partial charge in [0.05, 0.1) is 6.61 Å². The smallest absolute Gasteiger partial charge is 0.123 e. The summed E-state index contributed by atoms with van der Waals surface area (Å²) in [5.74, 6) is 1.06. The van der Waals surface area contributed by atoms with E-state index in [1.807, 2.05) is 20.0 Å². The minimum Gasteiger partial charge on any atom is -0.494 e. The molecular formula is C13H19NO. The fourth-order valence-electron chi connectivity index (χ4n) is 2.22. The molecule has 2 nitrogen and oxygen atoms in total. The monoisotopic (exact) mass is 205 g/mol. The van der Waals surface area contributed by atoms with E-state index < -0.39 is 0 Å². The van der Waals surface area contributed by atoms with Crippen molar-refractivity contribution in [1.29, 1.82) is 0 Å². The van der Waals surface area contributed by atoms with E-state index in [0.29, 0.717) is 5.41 Å². The molecule has 15 heavy (non-hydrogen) atoms. The molecule has 0 heterocycles. The van der Waals surface area contributed by atoms with E-state index in [4.69, 9.17) is 4.74 Å². The van der Waals surface area contributed by atoms with Gasteiger partial charge >= 0.3 is 0 Å². The van der Waals surface area contributed by atoms with Gasteiger partial charge in [-0.1, -0.05) is 18.2 Å². The Labute approximate surface area is 91.6 Å². The van der Waals surface area contributed by atoms with Crippen LogP contribution in [0, 0.1) is 0 Å². The molecule has 0 unspecified atom stereocenters. The van der Waals surface area contributed by atoms with Crippen LogP contribution in [0.3, 0.4) is 0 Å². The number of hydrogen-bond donors (Lipinski definition) is 1. The number of hydrogen-bond acceptors (Lipinski definition) is 2. The minimum atomic E-state index is 0.348. The Morgan fingerprint density at radius 2 is 2.07 bits per heavy atom. The lowest BCUT2D eigenvalue weighted by Crippen LogP contribution is -2.24. The maximum atomic E-state index is 5.68. The summed E-state index contributed by atoms with van der Waals surface area (Å²) < 4.78 is 5.68. The molecule has 1 aromatic carbocycles. The third kappa shape index (κ3) is 2.00. The van der Waals surface area contributed by atoms with E-state index in [-0.39, 0.29) is 0 Å². The van der Waals surface area contributed by atoms with Crippen LogP contribution in [0.4, 0.5) is 0 Å². The van der Waals surface area contributed by atoms with Gasteiger partial charge in [-0.2, -0.15) is 0 Å². The first kappa shape index (κ1) is 10.5. The van der Waals surface area contributed by atoms with Crippen LogP contribution in [0.15, 0.2) is 24.3 Å². The van der Waals surface area contributed by atoms with Crippen molar-refractivity contribution in [2.75, 3.05) is 20.2 Å². The van der Waals surface area contributed by atoms with Crippen LogP contribution in [0.2, 0.25) is 0 Å². The lowest BCUT2D eigenvalue weighted by Gasteiger charge is -2.18. The third-order valence-electron chi connectivity index (χ3n) is 3.13. The quantitative estimate of drug-likeness (QED) is 0.796. The summed E-state index contributed by atoms with van der Waals surface area (Å²) in [6.45, 7) is 3.83. The van der Waals surface area contributed by atoms with Crippen LogP contribution in [0.5, 0.6) is 5.75 Å². The predicted octanol–water partition coefficient (Wildman–Crippen LogP) is 2.34. The molecule has 1 saturated carbocycles. The average Bonchev–Trinajstić information content (AvgIpc) is 3.01. The van der Waals surface area contributed by atoms with Gasteiger partial charge < -0.3 is 10.1 Å². The topological polar surface area (TPSA) is 21.3 Å². The Morgan fingerprint density at radius 1 is 1.33 bits per heavy atom. The highest BCUT2D eigenvalue weighted by molar-refractivity contribution is 5.43. The summed E-state index contributed by atoms with van der Waals surface area (Å²) in [7, 11) is 2.02. The zero-order valence-corrected chi connectivity index (χ0v) is 9.55. The van der Waals surface area contributed by atoms with E-state index in [2.05, 4.69) is 23.5 Å². The Bertz CT molecular complexity index is 331. The fraction of sp³-hybridized carbons (Fsp3) is 0.538. The molecule has 1 aromatic rings. The highest BCUT2D eigenvalue weighted by Gasteiger charge is 2.45. The first-order valence-corrected chi connectivity index (χ1v) is 5.69. The minimum absolute atomic E-state index is 0.348. The molecule has 0 spiro atoms. The molecular weight excluding hydrogens is 186 g/mol. The largest absolute Gasteiger partial charge is 0.494 e. The van der Waals surface area contributed by atoms with Crippen molar-refractivity contribution < 1.29 is 4.74 Å². The van der Waals surface area contributed by atoms with Crippen LogP contribution in [0.1, 0.15) is 25.3 Å². The third-order valence-corrected chi connectivity index (χ3v) is 3.13. The van der Waals surface area contributed by atoms with E-state index in [0.717, 1.165) is 18.9 Å². The van der Waals surface area contributed by atoms with Crippen molar-refractivity contribution in [2.45, 2.75) is 25.2 Å². The molecule has 0 radical (unpaired) electrons. The van der Waals surface area contributed by atoms with Gasteiger partial charge in [0.2, 0.25) is 0 Å². The molecule has 2 rings (SSSR count). The van der Waals surface area contributed by atoms with Gasteiger partial charge in [-0.25, -0.2) is 0 Å². The fourth-order valence-corrected chi connectivity index (χ4v) is 2.22. The van der Waals surface area contributed by atoms with Crippen molar-refractivity contribution in [3.05, 3.63) is 29.8 Å². The van der Waals surface area contributed by atoms with E-state index in [1.54, 1.807) is 0 Å². The lowest BCUT2D eigenvalue weighted by atomic mass is 9.95. The second-order valence-corrected chi connectivity index (χ2v) is 4.24. The lowest BCUT2D eigenvalue weighted by molar-refractivity contribution is 0.332. The Morgan fingerprint density at radius 3 is 2.67 bits per heavy atom. The number of para-hydroxylation sites is 1. The highest BCUT2D eigenvalue weighted by atomic mass is 16.5. The molecule has 1 aliphatic carbocycles. The van der Waals surface area contributed by atoms with Crippen LogP contribution < -0.4 is 10.1 Å². The SMILES string of the molecule is CCOc1ccccc1C1(CNC)CC1. The maximum Gasteiger partial charge on any atom is 0.123 e. The molecule has 0 aliphatic heterocycles. The summed E-state index contributed by atoms with van der Waals surface area (Å²) in [5.41, 5.74) is 1.72. The predicted molar refractivity (Wildman–Crippen MR) is 62.4 cm³/mol. The van der Waals surface area contributed by atoms with Crippen LogP contribution >= 0.6 is 0 Å². The zero-order chi connectivity index (χ0) is 10.7. The van der Waals surface area contributed by atoms with Crippen molar-refractivity contribution in [1.82, 2.24) is 5.32 Å². The molecule has 0 saturated heterocycles. The summed E-state index contributed by atoms with van der Waals surface area (Å²) in [6, 6.07) is 8.43. The molecule has 0 atom stereocenters. The number of benzene rings is 1. The summed E-state index contributed by atoms with van der Waals surface area (Å²) in [5, 5.41) is 3.28. The standard InChI is InChI=1S/C13H19NO/c1-3-15-12-7-5-4-6-11(12)13(8-9-13)10-14-2/h4-7,14H,3,8-10H2,1-2H3. The first-order valence-electron chi connectivity index (χ1n) is 5.69. The molecule has 1 aliphatic rings. The number of likely N-dealkylation sites (N-methyl/N-ethyl adjacent to an activating group) is 1. The van der Waals surface area contributed by atoms with Crippen LogP contribution in [-0.2, 0) is 5.41 Å². The van der Waals surface area contributed by atoms with Gasteiger partial charge in [-0.3, -0.25) is 0 Å². The second kappa shape index (κ2) is 4.23. The van der Waals surface area contributed by atoms with Gasteiger partial charge in [-0.15, -0.1) is 0 Å². The number of nitrogens with one attached hydrogen (secondary N) is 1. The molecule has 2 heteroatoms. The van der Waals surface area contributed by atoms with Crippen molar-refractivity contribution in [3.63, 3.8) is 0 Å². The van der Waals surface area contributed by atoms with Crippen molar-refractivity contribution >= 4 is 0 Å². The molecule has 0 amide bonds. The molecule has 1 N–H and O–H groups in total.